The second kappa shape index (κ2) is 4.18. The average Bonchev–Trinajstić information content (AvgIpc) is 3.00. The molecule has 0 amide bonds. The summed E-state index contributed by atoms with van der Waals surface area (Å²) in [5.74, 6) is 1.47. The van der Waals surface area contributed by atoms with Crippen molar-refractivity contribution >= 4 is 17.5 Å². The number of ketones is 1. The number of hydrogen-bond donors (Lipinski definition) is 0. The Balaban J connectivity index is 1.85. The molecule has 0 aliphatic heterocycles. The molecule has 0 saturated heterocycles. The van der Waals surface area contributed by atoms with Crippen LogP contribution in [0.15, 0.2) is 29.2 Å². The molecule has 0 unspecified atom stereocenters. The minimum atomic E-state index is 0.396. The summed E-state index contributed by atoms with van der Waals surface area (Å²) in [6.45, 7) is 2.07. The second-order valence-electron chi connectivity index (χ2n) is 3.84. The Morgan fingerprint density at radius 3 is 2.57 bits per heavy atom. The summed E-state index contributed by atoms with van der Waals surface area (Å²) in [6, 6.07) is 8.34. The van der Waals surface area contributed by atoms with E-state index in [1.165, 1.54) is 10.5 Å². The summed E-state index contributed by atoms with van der Waals surface area (Å²) in [5.41, 5.74) is 1.27. The zero-order valence-corrected chi connectivity index (χ0v) is 9.14. The molecule has 0 radical (unpaired) electrons. The maximum absolute atomic E-state index is 11.4. The van der Waals surface area contributed by atoms with Crippen molar-refractivity contribution in [2.24, 2.45) is 5.92 Å². The quantitative estimate of drug-likeness (QED) is 0.704. The van der Waals surface area contributed by atoms with Gasteiger partial charge in [0.15, 0.2) is 0 Å². The molecule has 0 N–H and O–H groups in total. The molecule has 1 fully saturated rings. The lowest BCUT2D eigenvalue weighted by molar-refractivity contribution is -0.117. The summed E-state index contributed by atoms with van der Waals surface area (Å²) in [5, 5.41) is 0. The number of carbonyl (C=O) groups excluding carboxylic acids is 1. The molecular formula is C12H14OS. The van der Waals surface area contributed by atoms with Crippen molar-refractivity contribution in [1.82, 2.24) is 0 Å². The Morgan fingerprint density at radius 1 is 1.36 bits per heavy atom. The van der Waals surface area contributed by atoms with E-state index in [1.807, 2.05) is 0 Å². The first-order valence-corrected chi connectivity index (χ1v) is 5.96. The molecule has 1 aromatic carbocycles. The van der Waals surface area contributed by atoms with E-state index in [2.05, 4.69) is 31.2 Å². The minimum absolute atomic E-state index is 0.396. The fourth-order valence-electron chi connectivity index (χ4n) is 1.31. The van der Waals surface area contributed by atoms with E-state index < -0.39 is 0 Å². The van der Waals surface area contributed by atoms with Crippen molar-refractivity contribution in [1.29, 1.82) is 0 Å². The maximum Gasteiger partial charge on any atom is 0.146 e. The van der Waals surface area contributed by atoms with Crippen molar-refractivity contribution in [3.63, 3.8) is 0 Å². The predicted molar refractivity (Wildman–Crippen MR) is 59.6 cm³/mol. The van der Waals surface area contributed by atoms with Gasteiger partial charge in [-0.3, -0.25) is 4.79 Å². The van der Waals surface area contributed by atoms with Crippen LogP contribution in [0.4, 0.5) is 0 Å². The average molecular weight is 206 g/mol. The van der Waals surface area contributed by atoms with Gasteiger partial charge in [-0.25, -0.2) is 0 Å². The van der Waals surface area contributed by atoms with E-state index >= 15 is 0 Å². The topological polar surface area (TPSA) is 17.1 Å². The van der Waals surface area contributed by atoms with Gasteiger partial charge < -0.3 is 0 Å². The van der Waals surface area contributed by atoms with Crippen LogP contribution in [0, 0.1) is 12.8 Å². The Kier molecular flexibility index (Phi) is 2.92. The van der Waals surface area contributed by atoms with Gasteiger partial charge in [0.05, 0.1) is 5.75 Å². The third-order valence-corrected chi connectivity index (χ3v) is 3.47. The minimum Gasteiger partial charge on any atom is -0.298 e. The smallest absolute Gasteiger partial charge is 0.146 e. The molecule has 0 atom stereocenters. The van der Waals surface area contributed by atoms with Crippen molar-refractivity contribution in [2.45, 2.75) is 24.7 Å². The summed E-state index contributed by atoms with van der Waals surface area (Å²) in [7, 11) is 0. The molecule has 0 bridgehead atoms. The van der Waals surface area contributed by atoms with E-state index in [1.54, 1.807) is 11.8 Å². The highest BCUT2D eigenvalue weighted by Crippen LogP contribution is 2.32. The molecule has 1 aliphatic rings. The molecule has 2 rings (SSSR count). The summed E-state index contributed by atoms with van der Waals surface area (Å²) in [6.07, 6.45) is 2.24. The van der Waals surface area contributed by atoms with Crippen LogP contribution in [-0.4, -0.2) is 11.5 Å². The highest BCUT2D eigenvalue weighted by atomic mass is 32.2. The van der Waals surface area contributed by atoms with Crippen molar-refractivity contribution in [3.05, 3.63) is 29.8 Å². The van der Waals surface area contributed by atoms with Crippen LogP contribution in [0.1, 0.15) is 18.4 Å². The molecule has 0 aromatic heterocycles. The molecule has 0 spiro atoms. The largest absolute Gasteiger partial charge is 0.298 e. The molecular weight excluding hydrogens is 192 g/mol. The monoisotopic (exact) mass is 206 g/mol. The van der Waals surface area contributed by atoms with Crippen LogP contribution in [0.5, 0.6) is 0 Å². The van der Waals surface area contributed by atoms with E-state index in [9.17, 15) is 4.79 Å². The van der Waals surface area contributed by atoms with Crippen LogP contribution >= 0.6 is 11.8 Å². The molecule has 74 valence electrons. The molecule has 0 heterocycles. The van der Waals surface area contributed by atoms with Gasteiger partial charge in [0.2, 0.25) is 0 Å². The van der Waals surface area contributed by atoms with Gasteiger partial charge in [0.25, 0.3) is 0 Å². The van der Waals surface area contributed by atoms with E-state index in [0.717, 1.165) is 12.8 Å². The lowest BCUT2D eigenvalue weighted by Gasteiger charge is -2.00. The van der Waals surface area contributed by atoms with Gasteiger partial charge in [-0.2, -0.15) is 0 Å². The van der Waals surface area contributed by atoms with Crippen LogP contribution < -0.4 is 0 Å². The molecule has 1 saturated carbocycles. The standard InChI is InChI=1S/C12H14OS/c1-9-2-6-11(7-3-9)14-8-12(13)10-4-5-10/h2-3,6-7,10H,4-5,8H2,1H3. The number of carbonyl (C=O) groups is 1. The number of hydrogen-bond acceptors (Lipinski definition) is 2. The number of aryl methyl sites for hydroxylation is 1. The molecule has 1 aliphatic carbocycles. The Morgan fingerprint density at radius 2 is 2.00 bits per heavy atom. The van der Waals surface area contributed by atoms with E-state index in [4.69, 9.17) is 0 Å². The van der Waals surface area contributed by atoms with Gasteiger partial charge in [0, 0.05) is 10.8 Å². The normalized spacial score (nSPS) is 15.5. The molecule has 1 nitrogen and oxygen atoms in total. The number of thioether (sulfide) groups is 1. The van der Waals surface area contributed by atoms with Crippen LogP contribution in [0.3, 0.4) is 0 Å². The van der Waals surface area contributed by atoms with Crippen LogP contribution in [-0.2, 0) is 4.79 Å². The third-order valence-electron chi connectivity index (χ3n) is 2.43. The van der Waals surface area contributed by atoms with Crippen molar-refractivity contribution < 1.29 is 4.79 Å². The van der Waals surface area contributed by atoms with Gasteiger partial charge >= 0.3 is 0 Å². The Hall–Kier alpha value is -0.760. The van der Waals surface area contributed by atoms with Gasteiger partial charge in [-0.05, 0) is 31.9 Å². The highest BCUT2D eigenvalue weighted by molar-refractivity contribution is 8.00. The highest BCUT2D eigenvalue weighted by Gasteiger charge is 2.28. The summed E-state index contributed by atoms with van der Waals surface area (Å²) >= 11 is 1.66. The molecule has 14 heavy (non-hydrogen) atoms. The fraction of sp³-hybridized carbons (Fsp3) is 0.417. The molecule has 2 heteroatoms. The summed E-state index contributed by atoms with van der Waals surface area (Å²) < 4.78 is 0. The Labute approximate surface area is 88.9 Å². The Bertz CT molecular complexity index is 325. The summed E-state index contributed by atoms with van der Waals surface area (Å²) in [4.78, 5) is 12.6. The van der Waals surface area contributed by atoms with Crippen molar-refractivity contribution in [2.75, 3.05) is 5.75 Å². The first kappa shape index (κ1) is 9.78. The second-order valence-corrected chi connectivity index (χ2v) is 4.89. The number of benzene rings is 1. The van der Waals surface area contributed by atoms with Gasteiger partial charge in [-0.15, -0.1) is 11.8 Å². The van der Waals surface area contributed by atoms with Gasteiger partial charge in [0.1, 0.15) is 5.78 Å². The lowest BCUT2D eigenvalue weighted by atomic mass is 10.2. The van der Waals surface area contributed by atoms with Crippen molar-refractivity contribution in [3.8, 4) is 0 Å². The molecule has 1 aromatic rings. The fourth-order valence-corrected chi connectivity index (χ4v) is 2.19. The van der Waals surface area contributed by atoms with Crippen LogP contribution in [0.2, 0.25) is 0 Å². The number of Topliss-reactive ketones (excluding diaryl/α,β-unsaturated/α-hetero) is 1. The first-order valence-electron chi connectivity index (χ1n) is 4.98. The van der Waals surface area contributed by atoms with E-state index in [-0.39, 0.29) is 0 Å². The maximum atomic E-state index is 11.4. The van der Waals surface area contributed by atoms with Crippen LogP contribution in [0.25, 0.3) is 0 Å². The third kappa shape index (κ3) is 2.61. The zero-order valence-electron chi connectivity index (χ0n) is 8.32. The SMILES string of the molecule is Cc1ccc(SCC(=O)C2CC2)cc1. The lowest BCUT2D eigenvalue weighted by Crippen LogP contribution is -2.02. The van der Waals surface area contributed by atoms with E-state index in [0.29, 0.717) is 17.5 Å². The zero-order chi connectivity index (χ0) is 9.97. The van der Waals surface area contributed by atoms with Gasteiger partial charge in [-0.1, -0.05) is 17.7 Å². The number of rotatable bonds is 4. The first-order chi connectivity index (χ1) is 6.75. The predicted octanol–water partition coefficient (Wildman–Crippen LogP) is 3.07.